The first-order valence-electron chi connectivity index (χ1n) is 8.57. The van der Waals surface area contributed by atoms with Crippen LogP contribution in [0.4, 0.5) is 0 Å². The molecule has 1 aliphatic rings. The Morgan fingerprint density at radius 3 is 2.13 bits per heavy atom. The van der Waals surface area contributed by atoms with Gasteiger partial charge in [-0.1, -0.05) is 67.1 Å². The number of benzene rings is 2. The molecule has 0 aliphatic heterocycles. The van der Waals surface area contributed by atoms with Gasteiger partial charge in [-0.3, -0.25) is 0 Å². The molecule has 0 radical (unpaired) electrons. The van der Waals surface area contributed by atoms with Gasteiger partial charge in [0, 0.05) is 27.3 Å². The van der Waals surface area contributed by atoms with E-state index in [0.29, 0.717) is 0 Å². The summed E-state index contributed by atoms with van der Waals surface area (Å²) in [7, 11) is 0. The molecule has 3 aromatic rings. The summed E-state index contributed by atoms with van der Waals surface area (Å²) >= 11 is 0. The highest BCUT2D eigenvalue weighted by molar-refractivity contribution is 6.08. The Hall–Kier alpha value is -2.28. The third-order valence-electron chi connectivity index (χ3n) is 5.22. The molecule has 1 nitrogen and oxygen atoms in total. The van der Waals surface area contributed by atoms with Crippen molar-refractivity contribution in [3.63, 3.8) is 0 Å². The highest BCUT2D eigenvalue weighted by Crippen LogP contribution is 2.39. The molecule has 1 atom stereocenters. The summed E-state index contributed by atoms with van der Waals surface area (Å²) in [5.74, 6) is 0. The Labute approximate surface area is 137 Å². The minimum Gasteiger partial charge on any atom is -0.334 e. The molecule has 4 rings (SSSR count). The molecule has 116 valence electrons. The van der Waals surface area contributed by atoms with Gasteiger partial charge in [0.25, 0.3) is 0 Å². The lowest BCUT2D eigenvalue weighted by molar-refractivity contribution is 0.347. The quantitative estimate of drug-likeness (QED) is 0.531. The second-order valence-electron chi connectivity index (χ2n) is 6.81. The Morgan fingerprint density at radius 2 is 1.52 bits per heavy atom. The van der Waals surface area contributed by atoms with Crippen molar-refractivity contribution in [2.24, 2.45) is 0 Å². The SMILES string of the molecule is CCC1=CCC(C)(n2c3ccccc3c3ccccc32)CC=C1. The van der Waals surface area contributed by atoms with E-state index in [9.17, 15) is 0 Å². The number of allylic oxidation sites excluding steroid dienone is 4. The lowest BCUT2D eigenvalue weighted by atomic mass is 9.93. The van der Waals surface area contributed by atoms with Crippen molar-refractivity contribution >= 4 is 21.8 Å². The van der Waals surface area contributed by atoms with Gasteiger partial charge in [-0.2, -0.15) is 0 Å². The zero-order valence-corrected chi connectivity index (χ0v) is 13.9. The van der Waals surface area contributed by atoms with Crippen LogP contribution in [0, 0.1) is 0 Å². The lowest BCUT2D eigenvalue weighted by Crippen LogP contribution is -2.28. The van der Waals surface area contributed by atoms with Crippen LogP contribution in [-0.4, -0.2) is 4.57 Å². The van der Waals surface area contributed by atoms with Crippen molar-refractivity contribution in [2.75, 3.05) is 0 Å². The molecule has 1 heterocycles. The van der Waals surface area contributed by atoms with Gasteiger partial charge in [0.1, 0.15) is 0 Å². The largest absolute Gasteiger partial charge is 0.334 e. The van der Waals surface area contributed by atoms with Gasteiger partial charge in [-0.25, -0.2) is 0 Å². The number of nitrogens with zero attached hydrogens (tertiary/aromatic N) is 1. The molecular weight excluding hydrogens is 278 g/mol. The summed E-state index contributed by atoms with van der Waals surface area (Å²) in [6, 6.07) is 17.6. The lowest BCUT2D eigenvalue weighted by Gasteiger charge is -2.31. The Balaban J connectivity index is 2.00. The summed E-state index contributed by atoms with van der Waals surface area (Å²) in [5, 5.41) is 2.72. The number of fused-ring (bicyclic) bond motifs is 3. The van der Waals surface area contributed by atoms with Crippen LogP contribution in [0.2, 0.25) is 0 Å². The van der Waals surface area contributed by atoms with Crippen LogP contribution >= 0.6 is 0 Å². The first-order valence-corrected chi connectivity index (χ1v) is 8.57. The molecule has 0 saturated carbocycles. The van der Waals surface area contributed by atoms with Crippen molar-refractivity contribution < 1.29 is 0 Å². The van der Waals surface area contributed by atoms with Crippen molar-refractivity contribution in [3.8, 4) is 0 Å². The third-order valence-corrected chi connectivity index (χ3v) is 5.22. The fourth-order valence-corrected chi connectivity index (χ4v) is 3.92. The zero-order valence-electron chi connectivity index (χ0n) is 13.9. The smallest absolute Gasteiger partial charge is 0.0496 e. The number of hydrogen-bond donors (Lipinski definition) is 0. The fraction of sp³-hybridized carbons (Fsp3) is 0.273. The first kappa shape index (κ1) is 14.3. The second kappa shape index (κ2) is 5.42. The van der Waals surface area contributed by atoms with E-state index >= 15 is 0 Å². The van der Waals surface area contributed by atoms with Crippen molar-refractivity contribution in [3.05, 3.63) is 72.3 Å². The molecule has 0 N–H and O–H groups in total. The van der Waals surface area contributed by atoms with E-state index in [1.54, 1.807) is 0 Å². The molecule has 0 bridgehead atoms. The van der Waals surface area contributed by atoms with Gasteiger partial charge >= 0.3 is 0 Å². The Kier molecular flexibility index (Phi) is 3.37. The van der Waals surface area contributed by atoms with Gasteiger partial charge in [-0.15, -0.1) is 0 Å². The van der Waals surface area contributed by atoms with Gasteiger partial charge in [-0.05, 0) is 38.3 Å². The van der Waals surface area contributed by atoms with Crippen molar-refractivity contribution in [1.29, 1.82) is 0 Å². The second-order valence-corrected chi connectivity index (χ2v) is 6.81. The normalized spacial score (nSPS) is 21.6. The van der Waals surface area contributed by atoms with Gasteiger partial charge in [0.05, 0.1) is 0 Å². The van der Waals surface area contributed by atoms with Gasteiger partial charge in [0.15, 0.2) is 0 Å². The molecular formula is C22H23N. The summed E-state index contributed by atoms with van der Waals surface area (Å²) in [6.07, 6.45) is 10.3. The van der Waals surface area contributed by atoms with E-state index < -0.39 is 0 Å². The molecule has 2 aromatic carbocycles. The average molecular weight is 301 g/mol. The predicted molar refractivity (Wildman–Crippen MR) is 99.8 cm³/mol. The highest BCUT2D eigenvalue weighted by Gasteiger charge is 2.28. The Bertz CT molecular complexity index is 872. The molecule has 0 saturated heterocycles. The molecule has 0 amide bonds. The van der Waals surface area contributed by atoms with Crippen LogP contribution < -0.4 is 0 Å². The predicted octanol–water partition coefficient (Wildman–Crippen LogP) is 6.20. The maximum Gasteiger partial charge on any atom is 0.0496 e. The first-order chi connectivity index (χ1) is 11.2. The Morgan fingerprint density at radius 1 is 0.913 bits per heavy atom. The molecule has 1 aromatic heterocycles. The standard InChI is InChI=1S/C22H23N/c1-3-17-9-8-15-22(2,16-14-17)23-20-12-6-4-10-18(20)19-11-5-7-13-21(19)23/h4-14H,3,15-16H2,1-2H3. The van der Waals surface area contributed by atoms with E-state index in [0.717, 1.165) is 19.3 Å². The number of rotatable bonds is 2. The summed E-state index contributed by atoms with van der Waals surface area (Å²) < 4.78 is 2.57. The van der Waals surface area contributed by atoms with E-state index in [1.165, 1.54) is 27.4 Å². The number of aromatic nitrogens is 1. The molecule has 1 aliphatic carbocycles. The monoisotopic (exact) mass is 301 g/mol. The molecule has 1 heteroatoms. The topological polar surface area (TPSA) is 4.93 Å². The fourth-order valence-electron chi connectivity index (χ4n) is 3.92. The van der Waals surface area contributed by atoms with E-state index in [2.05, 4.69) is 85.2 Å². The minimum absolute atomic E-state index is 0.0795. The minimum atomic E-state index is 0.0795. The van der Waals surface area contributed by atoms with Crippen LogP contribution in [0.25, 0.3) is 21.8 Å². The van der Waals surface area contributed by atoms with Crippen LogP contribution in [0.5, 0.6) is 0 Å². The van der Waals surface area contributed by atoms with Crippen molar-refractivity contribution in [1.82, 2.24) is 4.57 Å². The average Bonchev–Trinajstić information content (AvgIpc) is 2.80. The zero-order chi connectivity index (χ0) is 15.9. The maximum absolute atomic E-state index is 2.57. The van der Waals surface area contributed by atoms with Gasteiger partial charge < -0.3 is 4.57 Å². The maximum atomic E-state index is 2.57. The molecule has 23 heavy (non-hydrogen) atoms. The third kappa shape index (κ3) is 2.23. The molecule has 0 spiro atoms. The molecule has 0 fully saturated rings. The van der Waals surface area contributed by atoms with Crippen LogP contribution in [0.3, 0.4) is 0 Å². The van der Waals surface area contributed by atoms with E-state index in [4.69, 9.17) is 0 Å². The van der Waals surface area contributed by atoms with Gasteiger partial charge in [0.2, 0.25) is 0 Å². The van der Waals surface area contributed by atoms with Crippen LogP contribution in [-0.2, 0) is 5.54 Å². The van der Waals surface area contributed by atoms with E-state index in [1.807, 2.05) is 0 Å². The van der Waals surface area contributed by atoms with E-state index in [-0.39, 0.29) is 5.54 Å². The summed E-state index contributed by atoms with van der Waals surface area (Å²) in [6.45, 7) is 4.63. The summed E-state index contributed by atoms with van der Waals surface area (Å²) in [4.78, 5) is 0. The summed E-state index contributed by atoms with van der Waals surface area (Å²) in [5.41, 5.74) is 4.22. The number of para-hydroxylation sites is 2. The highest BCUT2D eigenvalue weighted by atomic mass is 15.1. The van der Waals surface area contributed by atoms with Crippen LogP contribution in [0.15, 0.2) is 72.3 Å². The van der Waals surface area contributed by atoms with Crippen molar-refractivity contribution in [2.45, 2.75) is 38.6 Å². The molecule has 1 unspecified atom stereocenters. The van der Waals surface area contributed by atoms with Crippen LogP contribution in [0.1, 0.15) is 33.1 Å². The number of hydrogen-bond acceptors (Lipinski definition) is 0.